The van der Waals surface area contributed by atoms with Gasteiger partial charge in [-0.1, -0.05) is 32.8 Å². The Balaban J connectivity index is 4.26. The molecule has 0 aromatic carbocycles. The molecule has 0 rings (SSSR count). The van der Waals surface area contributed by atoms with E-state index < -0.39 is 12.0 Å². The number of hydrogen-bond donors (Lipinski definition) is 1. The minimum atomic E-state index is -0.555. The quantitative estimate of drug-likeness (QED) is 0.410. The second kappa shape index (κ2) is 7.91. The van der Waals surface area contributed by atoms with Gasteiger partial charge in [-0.2, -0.15) is 0 Å². The molecule has 92 valence electrons. The molecule has 0 radical (unpaired) electrons. The summed E-state index contributed by atoms with van der Waals surface area (Å²) in [6, 6.07) is -0.555. The molecule has 16 heavy (non-hydrogen) atoms. The van der Waals surface area contributed by atoms with Crippen LogP contribution in [0.4, 0.5) is 0 Å². The number of hydrogen-bond acceptors (Lipinski definition) is 3. The van der Waals surface area contributed by atoms with Crippen LogP contribution in [-0.2, 0) is 14.3 Å². The summed E-state index contributed by atoms with van der Waals surface area (Å²) in [5, 5.41) is 2.61. The third kappa shape index (κ3) is 5.53. The normalized spacial score (nSPS) is 11.7. The van der Waals surface area contributed by atoms with E-state index in [-0.39, 0.29) is 5.91 Å². The van der Waals surface area contributed by atoms with Gasteiger partial charge in [0.15, 0.2) is 0 Å². The van der Waals surface area contributed by atoms with Crippen LogP contribution in [0, 0.1) is 0 Å². The average molecular weight is 227 g/mol. The number of nitrogens with one attached hydrogen (secondary N) is 1. The van der Waals surface area contributed by atoms with Crippen molar-refractivity contribution in [3.8, 4) is 0 Å². The summed E-state index contributed by atoms with van der Waals surface area (Å²) in [6.45, 7) is 7.22. The zero-order valence-electron chi connectivity index (χ0n) is 10.3. The molecule has 1 atom stereocenters. The van der Waals surface area contributed by atoms with Gasteiger partial charge >= 0.3 is 5.97 Å². The highest BCUT2D eigenvalue weighted by atomic mass is 16.5. The van der Waals surface area contributed by atoms with E-state index in [9.17, 15) is 9.59 Å². The number of methoxy groups -OCH3 is 1. The van der Waals surface area contributed by atoms with Gasteiger partial charge in [0.2, 0.25) is 5.91 Å². The van der Waals surface area contributed by atoms with Crippen molar-refractivity contribution >= 4 is 11.9 Å². The monoisotopic (exact) mass is 227 g/mol. The molecule has 0 aliphatic carbocycles. The van der Waals surface area contributed by atoms with Crippen LogP contribution in [0.15, 0.2) is 12.2 Å². The molecular weight excluding hydrogens is 206 g/mol. The molecular formula is C12H21NO3. The number of carbonyl (C=O) groups is 2. The lowest BCUT2D eigenvalue weighted by molar-refractivity contribution is -0.144. The van der Waals surface area contributed by atoms with Crippen molar-refractivity contribution in [2.24, 2.45) is 0 Å². The lowest BCUT2D eigenvalue weighted by Gasteiger charge is -2.16. The van der Waals surface area contributed by atoms with Gasteiger partial charge in [0.25, 0.3) is 0 Å². The van der Waals surface area contributed by atoms with Gasteiger partial charge in [-0.15, -0.1) is 0 Å². The van der Waals surface area contributed by atoms with Crippen LogP contribution in [0.25, 0.3) is 0 Å². The van der Waals surface area contributed by atoms with Crippen molar-refractivity contribution in [2.45, 2.75) is 45.6 Å². The van der Waals surface area contributed by atoms with Crippen LogP contribution >= 0.6 is 0 Å². The molecule has 4 nitrogen and oxygen atoms in total. The zero-order chi connectivity index (χ0) is 12.6. The molecule has 0 saturated heterocycles. The molecule has 4 heteroatoms. The van der Waals surface area contributed by atoms with E-state index in [1.54, 1.807) is 6.92 Å². The first kappa shape index (κ1) is 14.7. The molecule has 0 spiro atoms. The second-order valence-electron chi connectivity index (χ2n) is 3.83. The molecule has 0 aromatic heterocycles. The highest BCUT2D eigenvalue weighted by molar-refractivity contribution is 5.95. The van der Waals surface area contributed by atoms with Gasteiger partial charge in [-0.05, 0) is 13.3 Å². The third-order valence-corrected chi connectivity index (χ3v) is 2.27. The summed E-state index contributed by atoms with van der Waals surface area (Å²) in [4.78, 5) is 22.8. The van der Waals surface area contributed by atoms with Crippen molar-refractivity contribution in [1.29, 1.82) is 0 Å². The first-order valence-electron chi connectivity index (χ1n) is 5.57. The van der Waals surface area contributed by atoms with Crippen LogP contribution in [0.2, 0.25) is 0 Å². The Labute approximate surface area is 97.1 Å². The van der Waals surface area contributed by atoms with Crippen molar-refractivity contribution < 1.29 is 14.3 Å². The van der Waals surface area contributed by atoms with Gasteiger partial charge in [-0.3, -0.25) is 4.79 Å². The smallest absolute Gasteiger partial charge is 0.328 e. The van der Waals surface area contributed by atoms with E-state index in [1.807, 2.05) is 0 Å². The summed E-state index contributed by atoms with van der Waals surface area (Å²) < 4.78 is 4.64. The van der Waals surface area contributed by atoms with Crippen LogP contribution in [0.5, 0.6) is 0 Å². The van der Waals surface area contributed by atoms with Gasteiger partial charge < -0.3 is 10.1 Å². The fourth-order valence-electron chi connectivity index (χ4n) is 1.27. The standard InChI is InChI=1S/C12H21NO3/c1-5-6-7-8-10(12(15)16-4)13-11(14)9(2)3/h10H,2,5-8H2,1,3-4H3,(H,13,14). The van der Waals surface area contributed by atoms with Crippen molar-refractivity contribution in [3.05, 3.63) is 12.2 Å². The Hall–Kier alpha value is -1.32. The number of carbonyl (C=O) groups excluding carboxylic acids is 2. The van der Waals surface area contributed by atoms with Crippen molar-refractivity contribution in [1.82, 2.24) is 5.32 Å². The van der Waals surface area contributed by atoms with E-state index in [2.05, 4.69) is 23.6 Å². The summed E-state index contributed by atoms with van der Waals surface area (Å²) >= 11 is 0. The summed E-state index contributed by atoms with van der Waals surface area (Å²) in [5.74, 6) is -0.697. The highest BCUT2D eigenvalue weighted by Gasteiger charge is 2.20. The molecule has 0 saturated carbocycles. The van der Waals surface area contributed by atoms with Crippen molar-refractivity contribution in [2.75, 3.05) is 7.11 Å². The lowest BCUT2D eigenvalue weighted by atomic mass is 10.1. The van der Waals surface area contributed by atoms with Crippen molar-refractivity contribution in [3.63, 3.8) is 0 Å². The fourth-order valence-corrected chi connectivity index (χ4v) is 1.27. The van der Waals surface area contributed by atoms with Crippen LogP contribution < -0.4 is 5.32 Å². The first-order chi connectivity index (χ1) is 7.52. The van der Waals surface area contributed by atoms with E-state index in [4.69, 9.17) is 0 Å². The predicted octanol–water partition coefficient (Wildman–Crippen LogP) is 1.80. The Morgan fingerprint density at radius 1 is 1.38 bits per heavy atom. The van der Waals surface area contributed by atoms with Gasteiger partial charge in [0.05, 0.1) is 7.11 Å². The average Bonchev–Trinajstić information content (AvgIpc) is 2.26. The molecule has 0 aliphatic rings. The minimum Gasteiger partial charge on any atom is -0.467 e. The summed E-state index contributed by atoms with van der Waals surface area (Å²) in [7, 11) is 1.32. The van der Waals surface area contributed by atoms with Crippen LogP contribution in [0.3, 0.4) is 0 Å². The van der Waals surface area contributed by atoms with Gasteiger partial charge in [0.1, 0.15) is 6.04 Å². The molecule has 0 bridgehead atoms. The van der Waals surface area contributed by atoms with E-state index in [0.29, 0.717) is 12.0 Å². The van der Waals surface area contributed by atoms with Crippen LogP contribution in [0.1, 0.15) is 39.5 Å². The largest absolute Gasteiger partial charge is 0.467 e. The maximum atomic E-state index is 11.4. The maximum absolute atomic E-state index is 11.4. The van der Waals surface area contributed by atoms with E-state index >= 15 is 0 Å². The maximum Gasteiger partial charge on any atom is 0.328 e. The lowest BCUT2D eigenvalue weighted by Crippen LogP contribution is -2.41. The Kier molecular flexibility index (Phi) is 7.25. The Morgan fingerprint density at radius 2 is 2.00 bits per heavy atom. The second-order valence-corrected chi connectivity index (χ2v) is 3.83. The Morgan fingerprint density at radius 3 is 2.44 bits per heavy atom. The number of rotatable bonds is 7. The Bertz CT molecular complexity index is 261. The SMILES string of the molecule is C=C(C)C(=O)NC(CCCCC)C(=O)OC. The number of unbranched alkanes of at least 4 members (excludes halogenated alkanes) is 2. The highest BCUT2D eigenvalue weighted by Crippen LogP contribution is 2.05. The summed E-state index contributed by atoms with van der Waals surface area (Å²) in [6.07, 6.45) is 3.62. The molecule has 1 N–H and O–H groups in total. The first-order valence-corrected chi connectivity index (χ1v) is 5.57. The van der Waals surface area contributed by atoms with E-state index in [0.717, 1.165) is 19.3 Å². The number of esters is 1. The molecule has 1 amide bonds. The zero-order valence-corrected chi connectivity index (χ0v) is 10.3. The number of amides is 1. The molecule has 0 fully saturated rings. The van der Waals surface area contributed by atoms with Crippen LogP contribution in [-0.4, -0.2) is 25.0 Å². The van der Waals surface area contributed by atoms with Gasteiger partial charge in [0, 0.05) is 5.57 Å². The number of ether oxygens (including phenoxy) is 1. The van der Waals surface area contributed by atoms with Gasteiger partial charge in [-0.25, -0.2) is 4.79 Å². The molecule has 0 aromatic rings. The molecule has 0 heterocycles. The summed E-state index contributed by atoms with van der Waals surface area (Å²) in [5.41, 5.74) is 0.393. The predicted molar refractivity (Wildman–Crippen MR) is 62.9 cm³/mol. The molecule has 1 unspecified atom stereocenters. The third-order valence-electron chi connectivity index (χ3n) is 2.27. The van der Waals surface area contributed by atoms with E-state index in [1.165, 1.54) is 7.11 Å². The topological polar surface area (TPSA) is 55.4 Å². The minimum absolute atomic E-state index is 0.299. The fraction of sp³-hybridized carbons (Fsp3) is 0.667. The molecule has 0 aliphatic heterocycles.